The number of aliphatic hydroxyl groups excluding tert-OH is 2. The number of benzene rings is 2. The highest BCUT2D eigenvalue weighted by atomic mass is 32.2. The number of ether oxygens (including phenoxy) is 3. The molecule has 0 spiro atoms. The van der Waals surface area contributed by atoms with E-state index in [4.69, 9.17) is 24.2 Å². The molecule has 10 heteroatoms. The molecule has 1 aliphatic heterocycles. The van der Waals surface area contributed by atoms with Crippen molar-refractivity contribution in [3.8, 4) is 17.2 Å². The summed E-state index contributed by atoms with van der Waals surface area (Å²) < 4.78 is 21.1. The standard InChI is InChI=1S/C51H76N2O7S/c1-6-10-11-12-13-14-15-16-17-24-48(56)53(31-7-2)47-37-45(52-58-9-4)43-35-38(22-18-20-32-54)42(23-19-21-33-55)49-44-36-40(59-39-25-28-41(61-5)29-26-39)27-30-46(44)60-51(47,50(43)49)57-34-8-3/h8,25-30,35-36,38,42,47,49-50,54-55H,3,6-7,9-24,31-34,37H2,1-2,4-5H3. The summed E-state index contributed by atoms with van der Waals surface area (Å²) in [6.07, 6.45) is 23.6. The summed E-state index contributed by atoms with van der Waals surface area (Å²) in [5.41, 5.74) is 2.94. The highest BCUT2D eigenvalue weighted by Crippen LogP contribution is 2.62. The first kappa shape index (κ1) is 48.7. The topological polar surface area (TPSA) is 110 Å². The van der Waals surface area contributed by atoms with Crippen molar-refractivity contribution in [3.05, 3.63) is 72.3 Å². The SMILES string of the molecule is C=CCOC12Oc3ccc(Oc4ccc(SC)cc4)cc3C3C(CCCCO)C(CCCCO)C=C(C(=NOCC)CC1N(CCC)C(=O)CCCCCCCCCCC)C32. The molecule has 2 N–H and O–H groups in total. The van der Waals surface area contributed by atoms with Gasteiger partial charge in [0.15, 0.2) is 0 Å². The first-order chi connectivity index (χ1) is 29.9. The Morgan fingerprint density at radius 3 is 2.25 bits per heavy atom. The maximum Gasteiger partial charge on any atom is 0.239 e. The van der Waals surface area contributed by atoms with Crippen molar-refractivity contribution < 1.29 is 34.1 Å². The van der Waals surface area contributed by atoms with Gasteiger partial charge < -0.3 is 34.2 Å². The fourth-order valence-electron chi connectivity index (χ4n) is 10.1. The van der Waals surface area contributed by atoms with Crippen LogP contribution in [0.2, 0.25) is 0 Å². The lowest BCUT2D eigenvalue weighted by Gasteiger charge is -2.60. The van der Waals surface area contributed by atoms with Crippen LogP contribution in [-0.2, 0) is 14.4 Å². The van der Waals surface area contributed by atoms with Crippen molar-refractivity contribution in [3.63, 3.8) is 0 Å². The molecule has 1 fully saturated rings. The first-order valence-corrected chi connectivity index (χ1v) is 24.9. The van der Waals surface area contributed by atoms with Crippen LogP contribution in [0.15, 0.2) is 76.8 Å². The number of allylic oxidation sites excluding steroid dienone is 1. The van der Waals surface area contributed by atoms with Gasteiger partial charge in [-0.2, -0.15) is 0 Å². The maximum absolute atomic E-state index is 14.7. The van der Waals surface area contributed by atoms with Gasteiger partial charge in [-0.05, 0) is 112 Å². The number of hydrogen-bond acceptors (Lipinski definition) is 9. The molecule has 61 heavy (non-hydrogen) atoms. The van der Waals surface area contributed by atoms with Gasteiger partial charge in [-0.25, -0.2) is 0 Å². The van der Waals surface area contributed by atoms with Crippen molar-refractivity contribution in [2.24, 2.45) is 22.9 Å². The number of oxime groups is 1. The third kappa shape index (κ3) is 12.7. The number of hydrogen-bond donors (Lipinski definition) is 2. The second-order valence-electron chi connectivity index (χ2n) is 17.1. The molecule has 9 nitrogen and oxygen atoms in total. The Morgan fingerprint density at radius 1 is 0.902 bits per heavy atom. The lowest BCUT2D eigenvalue weighted by molar-refractivity contribution is -0.257. The van der Waals surface area contributed by atoms with E-state index >= 15 is 0 Å². The van der Waals surface area contributed by atoms with E-state index in [-0.39, 0.29) is 49.4 Å². The summed E-state index contributed by atoms with van der Waals surface area (Å²) >= 11 is 1.70. The molecule has 5 rings (SSSR count). The number of rotatable bonds is 29. The third-order valence-corrected chi connectivity index (χ3v) is 13.6. The van der Waals surface area contributed by atoms with Crippen LogP contribution in [0.5, 0.6) is 17.2 Å². The molecule has 2 aromatic rings. The number of aliphatic hydroxyl groups is 2. The zero-order valence-corrected chi connectivity index (χ0v) is 38.6. The molecular weight excluding hydrogens is 785 g/mol. The lowest BCUT2D eigenvalue weighted by Crippen LogP contribution is -2.70. The second-order valence-corrected chi connectivity index (χ2v) is 18.0. The molecule has 2 aliphatic carbocycles. The largest absolute Gasteiger partial charge is 0.459 e. The Balaban J connectivity index is 1.62. The highest BCUT2D eigenvalue weighted by Gasteiger charge is 2.65. The number of unbranched alkanes of at least 4 members (excludes halogenated alkanes) is 10. The summed E-state index contributed by atoms with van der Waals surface area (Å²) in [5, 5.41) is 24.7. The third-order valence-electron chi connectivity index (χ3n) is 12.9. The van der Waals surface area contributed by atoms with Crippen LogP contribution in [0.25, 0.3) is 0 Å². The molecule has 1 saturated carbocycles. The van der Waals surface area contributed by atoms with E-state index in [0.29, 0.717) is 32.4 Å². The Hall–Kier alpha value is -3.31. The van der Waals surface area contributed by atoms with E-state index < -0.39 is 11.8 Å². The van der Waals surface area contributed by atoms with Gasteiger partial charge in [-0.1, -0.05) is 95.4 Å². The normalized spacial score (nSPS) is 23.4. The van der Waals surface area contributed by atoms with Crippen LogP contribution in [0.1, 0.15) is 148 Å². The van der Waals surface area contributed by atoms with Gasteiger partial charge in [0.25, 0.3) is 0 Å². The molecule has 3 aliphatic rings. The van der Waals surface area contributed by atoms with Crippen LogP contribution in [0.4, 0.5) is 0 Å². The summed E-state index contributed by atoms with van der Waals surface area (Å²) in [4.78, 5) is 23.8. The number of amides is 1. The van der Waals surface area contributed by atoms with E-state index in [1.165, 1.54) is 43.4 Å². The summed E-state index contributed by atoms with van der Waals surface area (Å²) in [6, 6.07) is 13.8. The first-order valence-electron chi connectivity index (χ1n) is 23.7. The Labute approximate surface area is 371 Å². The number of nitrogens with zero attached hydrogens (tertiary/aromatic N) is 2. The molecule has 6 atom stereocenters. The van der Waals surface area contributed by atoms with Gasteiger partial charge in [-0.15, -0.1) is 18.3 Å². The minimum absolute atomic E-state index is 0.0978. The summed E-state index contributed by atoms with van der Waals surface area (Å²) in [5.74, 6) is 0.975. The fraction of sp³-hybridized carbons (Fsp3) is 0.647. The van der Waals surface area contributed by atoms with E-state index in [0.717, 1.165) is 91.9 Å². The van der Waals surface area contributed by atoms with Gasteiger partial charge in [0, 0.05) is 49.0 Å². The number of carbonyl (C=O) groups is 1. The van der Waals surface area contributed by atoms with Gasteiger partial charge in [0.2, 0.25) is 11.7 Å². The zero-order valence-electron chi connectivity index (χ0n) is 37.8. The molecule has 0 saturated heterocycles. The molecule has 6 unspecified atom stereocenters. The predicted octanol–water partition coefficient (Wildman–Crippen LogP) is 12.0. The van der Waals surface area contributed by atoms with E-state index in [9.17, 15) is 15.0 Å². The molecule has 0 radical (unpaired) electrons. The van der Waals surface area contributed by atoms with Crippen molar-refractivity contribution in [1.29, 1.82) is 0 Å². The van der Waals surface area contributed by atoms with Crippen LogP contribution in [0, 0.1) is 17.8 Å². The Morgan fingerprint density at radius 2 is 1.59 bits per heavy atom. The number of carbonyl (C=O) groups excluding carboxylic acids is 1. The van der Waals surface area contributed by atoms with E-state index in [2.05, 4.69) is 55.9 Å². The van der Waals surface area contributed by atoms with Crippen molar-refractivity contribution >= 4 is 23.4 Å². The lowest BCUT2D eigenvalue weighted by atomic mass is 9.55. The van der Waals surface area contributed by atoms with Gasteiger partial charge in [-0.3, -0.25) is 4.79 Å². The average Bonchev–Trinajstić information content (AvgIpc) is 3.27. The van der Waals surface area contributed by atoms with Crippen LogP contribution in [-0.4, -0.2) is 77.8 Å². The average molecular weight is 861 g/mol. The van der Waals surface area contributed by atoms with Crippen LogP contribution in [0.3, 0.4) is 0 Å². The van der Waals surface area contributed by atoms with Crippen molar-refractivity contribution in [2.45, 2.75) is 159 Å². The number of thioether (sulfide) groups is 1. The van der Waals surface area contributed by atoms with Crippen LogP contribution >= 0.6 is 11.8 Å². The Bertz CT molecular complexity index is 1700. The Kier molecular flexibility index (Phi) is 20.5. The van der Waals surface area contributed by atoms with Crippen molar-refractivity contribution in [2.75, 3.05) is 39.2 Å². The minimum atomic E-state index is -1.24. The highest BCUT2D eigenvalue weighted by molar-refractivity contribution is 7.98. The van der Waals surface area contributed by atoms with E-state index in [1.54, 1.807) is 17.8 Å². The summed E-state index contributed by atoms with van der Waals surface area (Å²) in [6.45, 7) is 11.9. The fourth-order valence-corrected chi connectivity index (χ4v) is 10.5. The van der Waals surface area contributed by atoms with Crippen molar-refractivity contribution in [1.82, 2.24) is 4.90 Å². The molecular formula is C51H76N2O7S. The van der Waals surface area contributed by atoms with Crippen LogP contribution < -0.4 is 9.47 Å². The monoisotopic (exact) mass is 861 g/mol. The maximum atomic E-state index is 14.7. The smallest absolute Gasteiger partial charge is 0.239 e. The molecule has 2 aromatic carbocycles. The van der Waals surface area contributed by atoms with Gasteiger partial charge >= 0.3 is 0 Å². The molecule has 0 bridgehead atoms. The summed E-state index contributed by atoms with van der Waals surface area (Å²) in [7, 11) is 0. The molecule has 338 valence electrons. The predicted molar refractivity (Wildman–Crippen MR) is 249 cm³/mol. The molecule has 1 amide bonds. The molecule has 0 aromatic heterocycles. The molecule has 1 heterocycles. The second kappa shape index (κ2) is 25.7. The van der Waals surface area contributed by atoms with Gasteiger partial charge in [0.05, 0.1) is 18.2 Å². The quantitative estimate of drug-likeness (QED) is 0.0360. The zero-order chi connectivity index (χ0) is 43.5. The minimum Gasteiger partial charge on any atom is -0.459 e. The number of fused-ring (bicyclic) bond motifs is 2. The van der Waals surface area contributed by atoms with E-state index in [1.807, 2.05) is 31.2 Å². The van der Waals surface area contributed by atoms with Gasteiger partial charge in [0.1, 0.15) is 29.9 Å².